The molecule has 0 saturated carbocycles. The zero-order valence-corrected chi connectivity index (χ0v) is 18.2. The van der Waals surface area contributed by atoms with Gasteiger partial charge in [-0.15, -0.1) is 0 Å². The van der Waals surface area contributed by atoms with Crippen LogP contribution in [0.4, 0.5) is 16.2 Å². The monoisotopic (exact) mass is 422 g/mol. The lowest BCUT2D eigenvalue weighted by Gasteiger charge is -2.23. The van der Waals surface area contributed by atoms with Gasteiger partial charge in [-0.05, 0) is 42.5 Å². The van der Waals surface area contributed by atoms with Crippen molar-refractivity contribution in [1.82, 2.24) is 10.2 Å². The number of nitrogen functional groups attached to an aromatic ring is 1. The first-order valence-electron chi connectivity index (χ1n) is 10.3. The van der Waals surface area contributed by atoms with Crippen LogP contribution in [0.25, 0.3) is 0 Å². The standard InChI is InChI=1S/C23H30N6O2/c1-15(2)12-23(3)20(30)29(21(25)28-23)14-17-10-8-16(9-11-17)13-26-22(31)27-19-7-5-4-6-18(19)24/h4-11,15H,12-14,24H2,1-3H3,(H2,25,28)(H2,26,27,31). The average molecular weight is 423 g/mol. The van der Waals surface area contributed by atoms with Gasteiger partial charge in [-0.3, -0.25) is 9.69 Å². The van der Waals surface area contributed by atoms with Crippen LogP contribution in [0.2, 0.25) is 0 Å². The third-order valence-electron chi connectivity index (χ3n) is 5.18. The molecule has 6 N–H and O–H groups in total. The number of aliphatic imine (C=N–C) groups is 1. The van der Waals surface area contributed by atoms with Gasteiger partial charge in [-0.1, -0.05) is 50.2 Å². The summed E-state index contributed by atoms with van der Waals surface area (Å²) in [5.41, 5.74) is 14.0. The summed E-state index contributed by atoms with van der Waals surface area (Å²) in [6.07, 6.45) is 0.657. The first-order chi connectivity index (χ1) is 14.7. The van der Waals surface area contributed by atoms with E-state index in [9.17, 15) is 9.59 Å². The summed E-state index contributed by atoms with van der Waals surface area (Å²) in [5.74, 6) is 0.532. The van der Waals surface area contributed by atoms with Crippen molar-refractivity contribution in [3.63, 3.8) is 0 Å². The van der Waals surface area contributed by atoms with Crippen molar-refractivity contribution in [2.75, 3.05) is 11.1 Å². The van der Waals surface area contributed by atoms with Gasteiger partial charge in [0, 0.05) is 6.54 Å². The molecule has 2 aromatic carbocycles. The van der Waals surface area contributed by atoms with Crippen LogP contribution in [0, 0.1) is 5.92 Å². The van der Waals surface area contributed by atoms with Crippen molar-refractivity contribution in [3.05, 3.63) is 59.7 Å². The summed E-state index contributed by atoms with van der Waals surface area (Å²) < 4.78 is 0. The maximum atomic E-state index is 12.9. The Balaban J connectivity index is 1.55. The zero-order valence-electron chi connectivity index (χ0n) is 18.2. The molecule has 2 aromatic rings. The molecular weight excluding hydrogens is 392 g/mol. The number of urea groups is 1. The van der Waals surface area contributed by atoms with Gasteiger partial charge in [0.25, 0.3) is 5.91 Å². The topological polar surface area (TPSA) is 126 Å². The van der Waals surface area contributed by atoms with Crippen molar-refractivity contribution < 1.29 is 9.59 Å². The van der Waals surface area contributed by atoms with Crippen LogP contribution in [-0.4, -0.2) is 28.3 Å². The third-order valence-corrected chi connectivity index (χ3v) is 5.18. The fourth-order valence-corrected chi connectivity index (χ4v) is 3.74. The van der Waals surface area contributed by atoms with Crippen molar-refractivity contribution in [2.24, 2.45) is 16.6 Å². The lowest BCUT2D eigenvalue weighted by atomic mass is 9.91. The number of nitrogens with zero attached hydrogens (tertiary/aromatic N) is 2. The number of rotatable bonds is 7. The van der Waals surface area contributed by atoms with E-state index < -0.39 is 5.54 Å². The van der Waals surface area contributed by atoms with Crippen LogP contribution in [0.15, 0.2) is 53.5 Å². The maximum absolute atomic E-state index is 12.9. The van der Waals surface area contributed by atoms with E-state index >= 15 is 0 Å². The first-order valence-corrected chi connectivity index (χ1v) is 10.3. The second-order valence-electron chi connectivity index (χ2n) is 8.44. The fourth-order valence-electron chi connectivity index (χ4n) is 3.74. The van der Waals surface area contributed by atoms with E-state index in [1.54, 1.807) is 24.3 Å². The SMILES string of the molecule is CC(C)CC1(C)N=C(N)N(Cc2ccc(CNC(=O)Nc3ccccc3N)cc2)C1=O. The molecule has 31 heavy (non-hydrogen) atoms. The van der Waals surface area contributed by atoms with Crippen LogP contribution < -0.4 is 22.1 Å². The lowest BCUT2D eigenvalue weighted by Crippen LogP contribution is -2.43. The molecule has 3 rings (SSSR count). The highest BCUT2D eigenvalue weighted by molar-refractivity contribution is 6.06. The van der Waals surface area contributed by atoms with Crippen LogP contribution in [0.3, 0.4) is 0 Å². The Morgan fingerprint density at radius 1 is 1.10 bits per heavy atom. The second kappa shape index (κ2) is 9.07. The molecule has 1 atom stereocenters. The molecule has 1 unspecified atom stereocenters. The molecule has 8 nitrogen and oxygen atoms in total. The summed E-state index contributed by atoms with van der Waals surface area (Å²) in [6, 6.07) is 14.4. The highest BCUT2D eigenvalue weighted by atomic mass is 16.2. The van der Waals surface area contributed by atoms with E-state index in [1.165, 1.54) is 4.90 Å². The Morgan fingerprint density at radius 2 is 1.74 bits per heavy atom. The van der Waals surface area contributed by atoms with Gasteiger partial charge in [-0.25, -0.2) is 9.79 Å². The molecule has 0 aliphatic carbocycles. The fraction of sp³-hybridized carbons (Fsp3) is 0.348. The number of carbonyl (C=O) groups is 2. The van der Waals surface area contributed by atoms with Crippen LogP contribution in [0.5, 0.6) is 0 Å². The van der Waals surface area contributed by atoms with E-state index in [0.29, 0.717) is 36.8 Å². The highest BCUT2D eigenvalue weighted by Gasteiger charge is 2.43. The molecule has 0 spiro atoms. The molecule has 8 heteroatoms. The minimum atomic E-state index is -0.794. The summed E-state index contributed by atoms with van der Waals surface area (Å²) >= 11 is 0. The minimum absolute atomic E-state index is 0.0682. The highest BCUT2D eigenvalue weighted by Crippen LogP contribution is 2.29. The minimum Gasteiger partial charge on any atom is -0.397 e. The molecule has 1 heterocycles. The summed E-state index contributed by atoms with van der Waals surface area (Å²) in [7, 11) is 0. The lowest BCUT2D eigenvalue weighted by molar-refractivity contribution is -0.131. The molecule has 0 fully saturated rings. The van der Waals surface area contributed by atoms with E-state index in [2.05, 4.69) is 29.5 Å². The van der Waals surface area contributed by atoms with Crippen molar-refractivity contribution in [3.8, 4) is 0 Å². The van der Waals surface area contributed by atoms with E-state index in [4.69, 9.17) is 11.5 Å². The van der Waals surface area contributed by atoms with Crippen molar-refractivity contribution in [1.29, 1.82) is 0 Å². The van der Waals surface area contributed by atoms with Gasteiger partial charge in [0.1, 0.15) is 5.54 Å². The van der Waals surface area contributed by atoms with Gasteiger partial charge in [0.15, 0.2) is 5.96 Å². The van der Waals surface area contributed by atoms with Gasteiger partial charge < -0.3 is 22.1 Å². The first kappa shape index (κ1) is 22.1. The van der Waals surface area contributed by atoms with Crippen molar-refractivity contribution >= 4 is 29.3 Å². The number of hydrogen-bond acceptors (Lipinski definition) is 5. The third kappa shape index (κ3) is 5.33. The van der Waals surface area contributed by atoms with Gasteiger partial charge >= 0.3 is 6.03 Å². The number of para-hydroxylation sites is 2. The van der Waals surface area contributed by atoms with Gasteiger partial charge in [-0.2, -0.15) is 0 Å². The number of hydrogen-bond donors (Lipinski definition) is 4. The number of nitrogens with one attached hydrogen (secondary N) is 2. The molecule has 0 saturated heterocycles. The Kier molecular flexibility index (Phi) is 6.48. The number of carbonyl (C=O) groups excluding carboxylic acids is 2. The quantitative estimate of drug-likeness (QED) is 0.512. The summed E-state index contributed by atoms with van der Waals surface area (Å²) in [4.78, 5) is 30.9. The number of benzene rings is 2. The van der Waals surface area contributed by atoms with E-state index in [1.807, 2.05) is 31.2 Å². The normalized spacial score (nSPS) is 18.3. The Labute approximate surface area is 182 Å². The van der Waals surface area contributed by atoms with E-state index in [0.717, 1.165) is 11.1 Å². The maximum Gasteiger partial charge on any atom is 0.319 e. The number of guanidine groups is 1. The van der Waals surface area contributed by atoms with Gasteiger partial charge in [0.05, 0.1) is 17.9 Å². The van der Waals surface area contributed by atoms with Crippen LogP contribution >= 0.6 is 0 Å². The van der Waals surface area contributed by atoms with Gasteiger partial charge in [0.2, 0.25) is 0 Å². The Morgan fingerprint density at radius 3 is 2.39 bits per heavy atom. The molecule has 1 aliphatic rings. The number of nitrogens with two attached hydrogens (primary N) is 2. The largest absolute Gasteiger partial charge is 0.397 e. The molecule has 1 aliphatic heterocycles. The summed E-state index contributed by atoms with van der Waals surface area (Å²) in [5, 5.41) is 5.53. The molecular formula is C23H30N6O2. The Bertz CT molecular complexity index is 986. The Hall–Kier alpha value is -3.55. The van der Waals surface area contributed by atoms with Crippen LogP contribution in [-0.2, 0) is 17.9 Å². The predicted octanol–water partition coefficient (Wildman–Crippen LogP) is 3.05. The average Bonchev–Trinajstić information content (AvgIpc) is 2.91. The molecule has 3 amide bonds. The summed E-state index contributed by atoms with van der Waals surface area (Å²) in [6.45, 7) is 6.69. The molecule has 164 valence electrons. The van der Waals surface area contributed by atoms with E-state index in [-0.39, 0.29) is 17.9 Å². The van der Waals surface area contributed by atoms with Crippen LogP contribution in [0.1, 0.15) is 38.3 Å². The van der Waals surface area contributed by atoms with Crippen molar-refractivity contribution in [2.45, 2.75) is 45.8 Å². The number of anilines is 2. The molecule has 0 aromatic heterocycles. The number of amides is 3. The predicted molar refractivity (Wildman–Crippen MR) is 123 cm³/mol. The zero-order chi connectivity index (χ0) is 22.6. The second-order valence-corrected chi connectivity index (χ2v) is 8.44. The smallest absolute Gasteiger partial charge is 0.319 e. The molecule has 0 radical (unpaired) electrons. The molecule has 0 bridgehead atoms.